The first-order valence-corrected chi connectivity index (χ1v) is 3.00. The lowest BCUT2D eigenvalue weighted by atomic mass is 10.1. The van der Waals surface area contributed by atoms with Crippen molar-refractivity contribution in [3.8, 4) is 0 Å². The lowest BCUT2D eigenvalue weighted by Gasteiger charge is -2.13. The molecule has 0 rings (SSSR count). The first-order valence-electron chi connectivity index (χ1n) is 3.00. The molecule has 0 unspecified atom stereocenters. The third-order valence-electron chi connectivity index (χ3n) is 1.03. The molecule has 0 aromatic heterocycles. The standard InChI is InChI=1S/C6H13NO2/c1-4(2)3-5(7)6(8)9/h4-5H,3,7H2,1-2H3,(H,8,9)/p-1/t5-/m1/s1. The average Bonchev–Trinajstić information content (AvgIpc) is 1.63. The highest BCUT2D eigenvalue weighted by Gasteiger charge is 2.04. The highest BCUT2D eigenvalue weighted by molar-refractivity contribution is 5.70. The largest absolute Gasteiger partial charge is 0.548 e. The summed E-state index contributed by atoms with van der Waals surface area (Å²) in [5.74, 6) is -0.846. The van der Waals surface area contributed by atoms with Crippen LogP contribution in [0.25, 0.3) is 0 Å². The number of carbonyl (C=O) groups excluding carboxylic acids is 1. The Kier molecular flexibility index (Phi) is 3.24. The van der Waals surface area contributed by atoms with Crippen molar-refractivity contribution in [1.29, 1.82) is 0 Å². The molecule has 0 radical (unpaired) electrons. The van der Waals surface area contributed by atoms with Crippen molar-refractivity contribution in [3.63, 3.8) is 0 Å². The number of rotatable bonds is 3. The van der Waals surface area contributed by atoms with E-state index >= 15 is 0 Å². The Hall–Kier alpha value is -0.570. The van der Waals surface area contributed by atoms with Gasteiger partial charge in [-0.25, -0.2) is 0 Å². The molecule has 0 aromatic carbocycles. The highest BCUT2D eigenvalue weighted by atomic mass is 16.4. The summed E-state index contributed by atoms with van der Waals surface area (Å²) in [7, 11) is 0. The molecule has 0 fully saturated rings. The maximum absolute atomic E-state index is 10.00. The zero-order valence-corrected chi connectivity index (χ0v) is 5.76. The van der Waals surface area contributed by atoms with Crippen molar-refractivity contribution in [2.24, 2.45) is 11.7 Å². The summed E-state index contributed by atoms with van der Waals surface area (Å²) in [6.07, 6.45) is 0.488. The van der Waals surface area contributed by atoms with Crippen LogP contribution in [0.15, 0.2) is 0 Å². The van der Waals surface area contributed by atoms with Gasteiger partial charge in [-0.2, -0.15) is 0 Å². The molecule has 0 aliphatic carbocycles. The first kappa shape index (κ1) is 8.43. The Morgan fingerprint density at radius 3 is 2.22 bits per heavy atom. The van der Waals surface area contributed by atoms with Crippen LogP contribution in [0.1, 0.15) is 20.3 Å². The van der Waals surface area contributed by atoms with E-state index in [1.54, 1.807) is 0 Å². The molecule has 1 atom stereocenters. The Morgan fingerprint density at radius 1 is 1.67 bits per heavy atom. The van der Waals surface area contributed by atoms with Crippen molar-refractivity contribution in [3.05, 3.63) is 0 Å². The van der Waals surface area contributed by atoms with E-state index in [-0.39, 0.29) is 0 Å². The van der Waals surface area contributed by atoms with Gasteiger partial charge < -0.3 is 15.6 Å². The number of carboxylic acids is 1. The zero-order valence-electron chi connectivity index (χ0n) is 5.76. The van der Waals surface area contributed by atoms with E-state index < -0.39 is 12.0 Å². The predicted molar refractivity (Wildman–Crippen MR) is 32.4 cm³/mol. The Labute approximate surface area is 54.9 Å². The summed E-state index contributed by atoms with van der Waals surface area (Å²) in [6.45, 7) is 3.84. The van der Waals surface area contributed by atoms with Crippen LogP contribution in [0.5, 0.6) is 0 Å². The monoisotopic (exact) mass is 130 g/mol. The Balaban J connectivity index is 3.50. The molecule has 0 bridgehead atoms. The fraction of sp³-hybridized carbons (Fsp3) is 0.833. The van der Waals surface area contributed by atoms with Gasteiger partial charge in [-0.15, -0.1) is 0 Å². The molecule has 3 nitrogen and oxygen atoms in total. The summed E-state index contributed by atoms with van der Waals surface area (Å²) in [5, 5.41) is 10.00. The third kappa shape index (κ3) is 3.97. The van der Waals surface area contributed by atoms with Crippen LogP contribution in [0, 0.1) is 5.92 Å². The molecule has 0 aliphatic heterocycles. The molecule has 0 heterocycles. The van der Waals surface area contributed by atoms with Crippen LogP contribution in [0.4, 0.5) is 0 Å². The average molecular weight is 130 g/mol. The van der Waals surface area contributed by atoms with E-state index in [0.29, 0.717) is 12.3 Å². The lowest BCUT2D eigenvalue weighted by molar-refractivity contribution is -0.307. The Morgan fingerprint density at radius 2 is 2.11 bits per heavy atom. The number of carbonyl (C=O) groups is 1. The molecule has 2 N–H and O–H groups in total. The summed E-state index contributed by atoms with van der Waals surface area (Å²) in [6, 6.07) is -0.801. The summed E-state index contributed by atoms with van der Waals surface area (Å²) < 4.78 is 0. The van der Waals surface area contributed by atoms with Gasteiger partial charge in [0.2, 0.25) is 0 Å². The first-order chi connectivity index (χ1) is 4.04. The van der Waals surface area contributed by atoms with Gasteiger partial charge in [-0.3, -0.25) is 0 Å². The fourth-order valence-corrected chi connectivity index (χ4v) is 0.604. The minimum Gasteiger partial charge on any atom is -0.548 e. The summed E-state index contributed by atoms with van der Waals surface area (Å²) in [4.78, 5) is 10.00. The SMILES string of the molecule is CC(C)C[C@@H](N)C(=O)[O-]. The zero-order chi connectivity index (χ0) is 7.44. The fourth-order valence-electron chi connectivity index (χ4n) is 0.604. The van der Waals surface area contributed by atoms with Crippen LogP contribution >= 0.6 is 0 Å². The second-order valence-corrected chi connectivity index (χ2v) is 2.56. The summed E-state index contributed by atoms with van der Waals surface area (Å²) in [5.41, 5.74) is 5.16. The molecule has 54 valence electrons. The van der Waals surface area contributed by atoms with Crippen molar-refractivity contribution >= 4 is 5.97 Å². The van der Waals surface area contributed by atoms with Crippen LogP contribution in [-0.4, -0.2) is 12.0 Å². The van der Waals surface area contributed by atoms with Gasteiger partial charge in [0.1, 0.15) is 0 Å². The normalized spacial score (nSPS) is 13.8. The van der Waals surface area contributed by atoms with Crippen LogP contribution in [-0.2, 0) is 4.79 Å². The van der Waals surface area contributed by atoms with Gasteiger partial charge >= 0.3 is 0 Å². The maximum Gasteiger partial charge on any atom is 0.0582 e. The lowest BCUT2D eigenvalue weighted by Crippen LogP contribution is -2.42. The second-order valence-electron chi connectivity index (χ2n) is 2.56. The number of hydrogen-bond donors (Lipinski definition) is 1. The second kappa shape index (κ2) is 3.45. The van der Waals surface area contributed by atoms with E-state index in [1.807, 2.05) is 13.8 Å². The number of nitrogens with two attached hydrogens (primary N) is 1. The molecule has 0 saturated carbocycles. The van der Waals surface area contributed by atoms with Gasteiger partial charge in [0.05, 0.1) is 5.97 Å². The molecular weight excluding hydrogens is 118 g/mol. The van der Waals surface area contributed by atoms with Crippen molar-refractivity contribution in [1.82, 2.24) is 0 Å². The van der Waals surface area contributed by atoms with Crippen molar-refractivity contribution in [2.45, 2.75) is 26.3 Å². The highest BCUT2D eigenvalue weighted by Crippen LogP contribution is 2.00. The molecule has 0 saturated heterocycles. The van der Waals surface area contributed by atoms with Crippen LogP contribution in [0.3, 0.4) is 0 Å². The minimum atomic E-state index is -1.16. The van der Waals surface area contributed by atoms with E-state index in [4.69, 9.17) is 5.73 Å². The topological polar surface area (TPSA) is 66.2 Å². The molecular formula is C6H12NO2-. The van der Waals surface area contributed by atoms with Gasteiger partial charge in [0, 0.05) is 6.04 Å². The van der Waals surface area contributed by atoms with Gasteiger partial charge in [0.25, 0.3) is 0 Å². The van der Waals surface area contributed by atoms with Crippen LogP contribution < -0.4 is 10.8 Å². The quantitative estimate of drug-likeness (QED) is 0.539. The van der Waals surface area contributed by atoms with E-state index in [2.05, 4.69) is 0 Å². The smallest absolute Gasteiger partial charge is 0.0582 e. The molecule has 0 amide bonds. The molecule has 3 heteroatoms. The number of aliphatic carboxylic acids is 1. The van der Waals surface area contributed by atoms with Gasteiger partial charge in [-0.1, -0.05) is 13.8 Å². The van der Waals surface area contributed by atoms with E-state index in [9.17, 15) is 9.90 Å². The van der Waals surface area contributed by atoms with Crippen molar-refractivity contribution in [2.75, 3.05) is 0 Å². The maximum atomic E-state index is 10.00. The van der Waals surface area contributed by atoms with Gasteiger partial charge in [-0.05, 0) is 12.3 Å². The van der Waals surface area contributed by atoms with E-state index in [1.165, 1.54) is 0 Å². The number of hydrogen-bond acceptors (Lipinski definition) is 3. The predicted octanol–water partition coefficient (Wildman–Crippen LogP) is -0.890. The van der Waals surface area contributed by atoms with Gasteiger partial charge in [0.15, 0.2) is 0 Å². The number of carboxylic acid groups (broad SMARTS) is 1. The third-order valence-corrected chi connectivity index (χ3v) is 1.03. The minimum absolute atomic E-state index is 0.317. The molecule has 9 heavy (non-hydrogen) atoms. The molecule has 0 spiro atoms. The van der Waals surface area contributed by atoms with Crippen LogP contribution in [0.2, 0.25) is 0 Å². The summed E-state index contributed by atoms with van der Waals surface area (Å²) >= 11 is 0. The molecule has 0 aromatic rings. The Bertz CT molecular complexity index is 101. The van der Waals surface area contributed by atoms with Crippen molar-refractivity contribution < 1.29 is 9.90 Å². The molecule has 0 aliphatic rings. The van der Waals surface area contributed by atoms with E-state index in [0.717, 1.165) is 0 Å².